The molecule has 0 saturated heterocycles. The Balaban J connectivity index is 3.99. The van der Waals surface area contributed by atoms with E-state index in [1.165, 1.54) is 11.1 Å². The highest BCUT2D eigenvalue weighted by Crippen LogP contribution is 2.11. The highest BCUT2D eigenvalue weighted by molar-refractivity contribution is 5.88. The van der Waals surface area contributed by atoms with Crippen molar-refractivity contribution < 1.29 is 9.90 Å². The van der Waals surface area contributed by atoms with Crippen LogP contribution < -0.4 is 5.32 Å². The molecule has 3 heteroatoms. The van der Waals surface area contributed by atoms with Crippen LogP contribution in [0.3, 0.4) is 0 Å². The minimum atomic E-state index is -0.124. The lowest BCUT2D eigenvalue weighted by molar-refractivity contribution is -0.116. The summed E-state index contributed by atoms with van der Waals surface area (Å²) in [6.45, 7) is 8.65. The third-order valence-electron chi connectivity index (χ3n) is 2.91. The van der Waals surface area contributed by atoms with Crippen molar-refractivity contribution in [2.24, 2.45) is 0 Å². The molecule has 0 aliphatic heterocycles. The summed E-state index contributed by atoms with van der Waals surface area (Å²) in [5, 5.41) is 11.2. The molecule has 0 aliphatic rings. The van der Waals surface area contributed by atoms with Crippen LogP contribution in [0.5, 0.6) is 0 Å². The molecule has 0 unspecified atom stereocenters. The van der Waals surface area contributed by atoms with Crippen LogP contribution in [0.4, 0.5) is 0 Å². The van der Waals surface area contributed by atoms with Gasteiger partial charge in [0.05, 0.1) is 6.61 Å². The van der Waals surface area contributed by atoms with Crippen molar-refractivity contribution in [2.45, 2.75) is 53.4 Å². The van der Waals surface area contributed by atoms with Crippen LogP contribution in [0.25, 0.3) is 0 Å². The summed E-state index contributed by atoms with van der Waals surface area (Å²) >= 11 is 0. The maximum Gasteiger partial charge on any atom is 0.244 e. The van der Waals surface area contributed by atoms with E-state index in [-0.39, 0.29) is 12.5 Å². The summed E-state index contributed by atoms with van der Waals surface area (Å²) in [6.07, 6.45) is 10.2. The highest BCUT2D eigenvalue weighted by Gasteiger charge is 1.97. The summed E-state index contributed by atoms with van der Waals surface area (Å²) in [5.74, 6) is -0.124. The zero-order chi connectivity index (χ0) is 15.4. The van der Waals surface area contributed by atoms with E-state index in [2.05, 4.69) is 38.2 Å². The second-order valence-corrected chi connectivity index (χ2v) is 5.41. The normalized spacial score (nSPS) is 12.2. The molecule has 1 amide bonds. The molecule has 0 rings (SSSR count). The van der Waals surface area contributed by atoms with Crippen LogP contribution in [0.15, 0.2) is 34.9 Å². The smallest absolute Gasteiger partial charge is 0.244 e. The summed E-state index contributed by atoms with van der Waals surface area (Å²) in [4.78, 5) is 11.4. The summed E-state index contributed by atoms with van der Waals surface area (Å²) < 4.78 is 0. The fourth-order valence-electron chi connectivity index (χ4n) is 1.76. The van der Waals surface area contributed by atoms with Gasteiger partial charge in [0.25, 0.3) is 0 Å². The predicted octanol–water partition coefficient (Wildman–Crippen LogP) is 3.51. The Kier molecular flexibility index (Phi) is 10.7. The molecule has 0 bridgehead atoms. The van der Waals surface area contributed by atoms with Gasteiger partial charge in [-0.05, 0) is 53.4 Å². The fraction of sp³-hybridized carbons (Fsp3) is 0.588. The quantitative estimate of drug-likeness (QED) is 0.501. The summed E-state index contributed by atoms with van der Waals surface area (Å²) in [6, 6.07) is 0. The van der Waals surface area contributed by atoms with E-state index < -0.39 is 0 Å². The van der Waals surface area contributed by atoms with Gasteiger partial charge in [-0.15, -0.1) is 0 Å². The van der Waals surface area contributed by atoms with Crippen LogP contribution in [-0.2, 0) is 4.79 Å². The molecule has 0 atom stereocenters. The van der Waals surface area contributed by atoms with Gasteiger partial charge < -0.3 is 10.4 Å². The molecule has 0 aromatic carbocycles. The largest absolute Gasteiger partial charge is 0.395 e. The molecular formula is C17H29NO2. The number of aliphatic hydroxyl groups is 1. The third-order valence-corrected chi connectivity index (χ3v) is 2.91. The zero-order valence-corrected chi connectivity index (χ0v) is 13.3. The Hall–Kier alpha value is -1.35. The molecule has 114 valence electrons. The SMILES string of the molecule is CC(C)=CCC/C(C)=C/CC/C(C)=C/C(=O)NCCO. The number of amides is 1. The van der Waals surface area contributed by atoms with Crippen LogP contribution in [0, 0.1) is 0 Å². The average molecular weight is 279 g/mol. The first kappa shape index (κ1) is 18.7. The maximum atomic E-state index is 11.4. The third kappa shape index (κ3) is 11.7. The van der Waals surface area contributed by atoms with E-state index in [1.54, 1.807) is 6.08 Å². The number of aliphatic hydroxyl groups excluding tert-OH is 1. The van der Waals surface area contributed by atoms with Crippen LogP contribution in [-0.4, -0.2) is 24.2 Å². The lowest BCUT2D eigenvalue weighted by atomic mass is 10.1. The molecular weight excluding hydrogens is 250 g/mol. The lowest BCUT2D eigenvalue weighted by Crippen LogP contribution is -2.24. The number of carbonyl (C=O) groups is 1. The number of rotatable bonds is 9. The van der Waals surface area contributed by atoms with Gasteiger partial charge >= 0.3 is 0 Å². The molecule has 0 spiro atoms. The van der Waals surface area contributed by atoms with Crippen LogP contribution >= 0.6 is 0 Å². The van der Waals surface area contributed by atoms with Crippen molar-refractivity contribution in [1.82, 2.24) is 5.32 Å². The molecule has 2 N–H and O–H groups in total. The van der Waals surface area contributed by atoms with E-state index in [0.29, 0.717) is 6.54 Å². The predicted molar refractivity (Wildman–Crippen MR) is 85.5 cm³/mol. The van der Waals surface area contributed by atoms with Gasteiger partial charge in [0.1, 0.15) is 0 Å². The Morgan fingerprint density at radius 2 is 1.60 bits per heavy atom. The maximum absolute atomic E-state index is 11.4. The number of carbonyl (C=O) groups excluding carboxylic acids is 1. The van der Waals surface area contributed by atoms with Crippen molar-refractivity contribution in [3.63, 3.8) is 0 Å². The van der Waals surface area contributed by atoms with Gasteiger partial charge in [-0.2, -0.15) is 0 Å². The van der Waals surface area contributed by atoms with Gasteiger partial charge in [-0.25, -0.2) is 0 Å². The van der Waals surface area contributed by atoms with Crippen molar-refractivity contribution in [1.29, 1.82) is 0 Å². The van der Waals surface area contributed by atoms with E-state index in [1.807, 2.05) is 6.92 Å². The van der Waals surface area contributed by atoms with E-state index >= 15 is 0 Å². The molecule has 0 heterocycles. The molecule has 0 saturated carbocycles. The first-order chi connectivity index (χ1) is 9.45. The van der Waals surface area contributed by atoms with Crippen LogP contribution in [0.2, 0.25) is 0 Å². The standard InChI is InChI=1S/C17H29NO2/c1-14(2)7-5-8-15(3)9-6-10-16(4)13-17(20)18-11-12-19/h7,9,13,19H,5-6,8,10-12H2,1-4H3,(H,18,20)/b15-9+,16-13+. The van der Waals surface area contributed by atoms with Crippen LogP contribution in [0.1, 0.15) is 53.4 Å². The number of hydrogen-bond donors (Lipinski definition) is 2. The molecule has 0 fully saturated rings. The topological polar surface area (TPSA) is 49.3 Å². The van der Waals surface area contributed by atoms with Gasteiger partial charge in [0, 0.05) is 12.6 Å². The Labute approximate surface area is 123 Å². The second-order valence-electron chi connectivity index (χ2n) is 5.41. The molecule has 0 aliphatic carbocycles. The monoisotopic (exact) mass is 279 g/mol. The summed E-state index contributed by atoms with van der Waals surface area (Å²) in [7, 11) is 0. The van der Waals surface area contributed by atoms with Gasteiger partial charge in [0.2, 0.25) is 5.91 Å². The highest BCUT2D eigenvalue weighted by atomic mass is 16.3. The fourth-order valence-corrected chi connectivity index (χ4v) is 1.76. The molecule has 20 heavy (non-hydrogen) atoms. The molecule has 0 aromatic heterocycles. The Bertz CT molecular complexity index is 374. The second kappa shape index (κ2) is 11.5. The number of allylic oxidation sites excluding steroid dienone is 5. The first-order valence-electron chi connectivity index (χ1n) is 7.30. The van der Waals surface area contributed by atoms with E-state index in [0.717, 1.165) is 31.3 Å². The minimum absolute atomic E-state index is 0.0216. The first-order valence-corrected chi connectivity index (χ1v) is 7.30. The van der Waals surface area contributed by atoms with Gasteiger partial charge in [-0.1, -0.05) is 28.9 Å². The summed E-state index contributed by atoms with van der Waals surface area (Å²) in [5.41, 5.74) is 3.83. The Morgan fingerprint density at radius 1 is 1.00 bits per heavy atom. The van der Waals surface area contributed by atoms with Gasteiger partial charge in [-0.3, -0.25) is 4.79 Å². The van der Waals surface area contributed by atoms with Crippen molar-refractivity contribution in [2.75, 3.05) is 13.2 Å². The Morgan fingerprint density at radius 3 is 2.20 bits per heavy atom. The molecule has 0 radical (unpaired) electrons. The number of hydrogen-bond acceptors (Lipinski definition) is 2. The molecule has 0 aromatic rings. The number of nitrogens with one attached hydrogen (secondary N) is 1. The van der Waals surface area contributed by atoms with E-state index in [9.17, 15) is 4.79 Å². The minimum Gasteiger partial charge on any atom is -0.395 e. The zero-order valence-electron chi connectivity index (χ0n) is 13.3. The van der Waals surface area contributed by atoms with Crippen molar-refractivity contribution >= 4 is 5.91 Å². The molecule has 3 nitrogen and oxygen atoms in total. The average Bonchev–Trinajstić information content (AvgIpc) is 2.35. The van der Waals surface area contributed by atoms with E-state index in [4.69, 9.17) is 5.11 Å². The van der Waals surface area contributed by atoms with Crippen molar-refractivity contribution in [3.05, 3.63) is 34.9 Å². The lowest BCUT2D eigenvalue weighted by Gasteiger charge is -2.02. The van der Waals surface area contributed by atoms with Gasteiger partial charge in [0.15, 0.2) is 0 Å². The van der Waals surface area contributed by atoms with Crippen molar-refractivity contribution in [3.8, 4) is 0 Å².